The topological polar surface area (TPSA) is 56.1 Å². The first kappa shape index (κ1) is 23.0. The summed E-state index contributed by atoms with van der Waals surface area (Å²) >= 11 is 3.49. The molecule has 0 unspecified atom stereocenters. The van der Waals surface area contributed by atoms with Crippen molar-refractivity contribution in [2.45, 2.75) is 32.0 Å². The molecule has 1 aliphatic carbocycles. The average molecular weight is 497 g/mol. The zero-order valence-corrected chi connectivity index (χ0v) is 19.3. The standard InChI is InChI=1S/C25H22BrN3O.ClH/c26-22-8-4-19(5-9-22)16-29(24-12-13-24)17-20-2-1-3-21(14-20)25(30)28-23-10-6-18(15-27)7-11-23;/h1-11,14,24H,12-13,16-17H2,(H,28,30);1H. The molecule has 3 aromatic carbocycles. The van der Waals surface area contributed by atoms with Crippen molar-refractivity contribution in [1.29, 1.82) is 5.26 Å². The predicted molar refractivity (Wildman–Crippen MR) is 129 cm³/mol. The number of amides is 1. The zero-order valence-electron chi connectivity index (χ0n) is 16.9. The molecule has 6 heteroatoms. The molecule has 1 saturated carbocycles. The van der Waals surface area contributed by atoms with Crippen LogP contribution in [0, 0.1) is 11.3 Å². The van der Waals surface area contributed by atoms with Gasteiger partial charge in [0.25, 0.3) is 5.91 Å². The number of anilines is 1. The van der Waals surface area contributed by atoms with Crippen LogP contribution in [0.1, 0.15) is 39.9 Å². The molecule has 1 amide bonds. The highest BCUT2D eigenvalue weighted by Crippen LogP contribution is 2.30. The molecule has 1 fully saturated rings. The second kappa shape index (κ2) is 10.6. The Kier molecular flexibility index (Phi) is 7.86. The number of hydrogen-bond acceptors (Lipinski definition) is 3. The number of halogens is 2. The Morgan fingerprint density at radius 3 is 2.32 bits per heavy atom. The largest absolute Gasteiger partial charge is 0.322 e. The predicted octanol–water partition coefficient (Wildman–Crippen LogP) is 6.16. The second-order valence-electron chi connectivity index (χ2n) is 7.61. The molecule has 0 bridgehead atoms. The van der Waals surface area contributed by atoms with Crippen LogP contribution in [-0.2, 0) is 13.1 Å². The fourth-order valence-electron chi connectivity index (χ4n) is 3.45. The lowest BCUT2D eigenvalue weighted by molar-refractivity contribution is 0.102. The smallest absolute Gasteiger partial charge is 0.255 e. The number of benzene rings is 3. The van der Waals surface area contributed by atoms with E-state index in [1.807, 2.05) is 18.2 Å². The van der Waals surface area contributed by atoms with Crippen LogP contribution in [-0.4, -0.2) is 16.8 Å². The summed E-state index contributed by atoms with van der Waals surface area (Å²) in [6.07, 6.45) is 2.46. The SMILES string of the molecule is Cl.N#Cc1ccc(NC(=O)c2cccc(CN(Cc3ccc(Br)cc3)C3CC3)c2)cc1. The van der Waals surface area contributed by atoms with E-state index in [4.69, 9.17) is 5.26 Å². The van der Waals surface area contributed by atoms with Gasteiger partial charge in [-0.2, -0.15) is 5.26 Å². The average Bonchev–Trinajstić information content (AvgIpc) is 3.61. The first-order valence-electron chi connectivity index (χ1n) is 10.00. The van der Waals surface area contributed by atoms with E-state index in [-0.39, 0.29) is 18.3 Å². The number of nitrogens with zero attached hydrogens (tertiary/aromatic N) is 2. The highest BCUT2D eigenvalue weighted by Gasteiger charge is 2.29. The monoisotopic (exact) mass is 495 g/mol. The number of hydrogen-bond donors (Lipinski definition) is 1. The van der Waals surface area contributed by atoms with Gasteiger partial charge in [0.15, 0.2) is 0 Å². The lowest BCUT2D eigenvalue weighted by Crippen LogP contribution is -2.25. The van der Waals surface area contributed by atoms with E-state index >= 15 is 0 Å². The van der Waals surface area contributed by atoms with Crippen molar-refractivity contribution >= 4 is 39.9 Å². The second-order valence-corrected chi connectivity index (χ2v) is 8.52. The minimum atomic E-state index is -0.146. The highest BCUT2D eigenvalue weighted by molar-refractivity contribution is 9.10. The Morgan fingerprint density at radius 2 is 1.68 bits per heavy atom. The van der Waals surface area contributed by atoms with E-state index in [9.17, 15) is 4.79 Å². The third-order valence-electron chi connectivity index (χ3n) is 5.21. The van der Waals surface area contributed by atoms with Crippen LogP contribution in [0.5, 0.6) is 0 Å². The Balaban J connectivity index is 0.00000272. The van der Waals surface area contributed by atoms with Gasteiger partial charge in [0.05, 0.1) is 11.6 Å². The fraction of sp³-hybridized carbons (Fsp3) is 0.200. The van der Waals surface area contributed by atoms with Crippen LogP contribution in [0.2, 0.25) is 0 Å². The minimum Gasteiger partial charge on any atom is -0.322 e. The maximum Gasteiger partial charge on any atom is 0.255 e. The van der Waals surface area contributed by atoms with Crippen LogP contribution in [0.3, 0.4) is 0 Å². The van der Waals surface area contributed by atoms with Gasteiger partial charge in [0.2, 0.25) is 0 Å². The Hall–Kier alpha value is -2.65. The summed E-state index contributed by atoms with van der Waals surface area (Å²) in [5.41, 5.74) is 4.31. The molecular weight excluding hydrogens is 474 g/mol. The van der Waals surface area contributed by atoms with Gasteiger partial charge in [0.1, 0.15) is 0 Å². The van der Waals surface area contributed by atoms with Gasteiger partial charge in [-0.25, -0.2) is 0 Å². The molecule has 0 radical (unpaired) electrons. The van der Waals surface area contributed by atoms with Crippen LogP contribution in [0.15, 0.2) is 77.3 Å². The van der Waals surface area contributed by atoms with Crippen LogP contribution in [0.25, 0.3) is 0 Å². The molecule has 0 atom stereocenters. The van der Waals surface area contributed by atoms with Crippen molar-refractivity contribution in [3.8, 4) is 6.07 Å². The fourth-order valence-corrected chi connectivity index (χ4v) is 3.72. The molecule has 0 heterocycles. The van der Waals surface area contributed by atoms with Crippen LogP contribution in [0.4, 0.5) is 5.69 Å². The van der Waals surface area contributed by atoms with Crippen molar-refractivity contribution < 1.29 is 4.79 Å². The van der Waals surface area contributed by atoms with E-state index < -0.39 is 0 Å². The first-order chi connectivity index (χ1) is 14.6. The molecular formula is C25H23BrClN3O. The molecule has 4 nitrogen and oxygen atoms in total. The van der Waals surface area contributed by atoms with E-state index in [0.717, 1.165) is 23.1 Å². The summed E-state index contributed by atoms with van der Waals surface area (Å²) in [7, 11) is 0. The van der Waals surface area contributed by atoms with Gasteiger partial charge < -0.3 is 5.32 Å². The number of nitrogens with one attached hydrogen (secondary N) is 1. The Bertz CT molecular complexity index is 1070. The lowest BCUT2D eigenvalue weighted by atomic mass is 10.1. The van der Waals surface area contributed by atoms with Gasteiger partial charge in [-0.1, -0.05) is 40.2 Å². The summed E-state index contributed by atoms with van der Waals surface area (Å²) in [6.45, 7) is 1.72. The third kappa shape index (κ3) is 6.41. The van der Waals surface area contributed by atoms with E-state index in [1.165, 1.54) is 18.4 Å². The molecule has 1 aliphatic rings. The van der Waals surface area contributed by atoms with E-state index in [2.05, 4.69) is 62.5 Å². The summed E-state index contributed by atoms with van der Waals surface area (Å²) in [6, 6.07) is 25.9. The van der Waals surface area contributed by atoms with Gasteiger partial charge in [-0.3, -0.25) is 9.69 Å². The first-order valence-corrected chi connectivity index (χ1v) is 10.8. The summed E-state index contributed by atoms with van der Waals surface area (Å²) in [4.78, 5) is 15.2. The molecule has 0 aromatic heterocycles. The van der Waals surface area contributed by atoms with Crippen molar-refractivity contribution in [3.05, 3.63) is 99.5 Å². The number of nitriles is 1. The molecule has 1 N–H and O–H groups in total. The maximum absolute atomic E-state index is 12.7. The zero-order chi connectivity index (χ0) is 20.9. The molecule has 0 saturated heterocycles. The van der Waals surface area contributed by atoms with Crippen molar-refractivity contribution in [2.24, 2.45) is 0 Å². The molecule has 158 valence electrons. The van der Waals surface area contributed by atoms with Crippen molar-refractivity contribution in [3.63, 3.8) is 0 Å². The highest BCUT2D eigenvalue weighted by atomic mass is 79.9. The summed E-state index contributed by atoms with van der Waals surface area (Å²) in [5, 5.41) is 11.8. The van der Waals surface area contributed by atoms with Gasteiger partial charge in [-0.05, 0) is 72.5 Å². The normalized spacial score (nSPS) is 12.7. The maximum atomic E-state index is 12.7. The third-order valence-corrected chi connectivity index (χ3v) is 5.74. The van der Waals surface area contributed by atoms with Crippen molar-refractivity contribution in [2.75, 3.05) is 5.32 Å². The van der Waals surface area contributed by atoms with Crippen LogP contribution < -0.4 is 5.32 Å². The molecule has 0 aliphatic heterocycles. The number of rotatable bonds is 7. The molecule has 3 aromatic rings. The van der Waals surface area contributed by atoms with E-state index in [0.29, 0.717) is 22.9 Å². The van der Waals surface area contributed by atoms with Gasteiger partial charge >= 0.3 is 0 Å². The minimum absolute atomic E-state index is 0. The lowest BCUT2D eigenvalue weighted by Gasteiger charge is -2.22. The summed E-state index contributed by atoms with van der Waals surface area (Å²) < 4.78 is 1.09. The molecule has 31 heavy (non-hydrogen) atoms. The van der Waals surface area contributed by atoms with Crippen molar-refractivity contribution in [1.82, 2.24) is 4.90 Å². The molecule has 0 spiro atoms. The Morgan fingerprint density at radius 1 is 1.00 bits per heavy atom. The van der Waals surface area contributed by atoms with Gasteiger partial charge in [0, 0.05) is 34.9 Å². The van der Waals surface area contributed by atoms with Gasteiger partial charge in [-0.15, -0.1) is 12.4 Å². The quantitative estimate of drug-likeness (QED) is 0.426. The Labute approximate surface area is 197 Å². The number of carbonyl (C=O) groups excluding carboxylic acids is 1. The van der Waals surface area contributed by atoms with Crippen LogP contribution >= 0.6 is 28.3 Å². The number of carbonyl (C=O) groups is 1. The van der Waals surface area contributed by atoms with E-state index in [1.54, 1.807) is 24.3 Å². The molecule has 4 rings (SSSR count). The summed E-state index contributed by atoms with van der Waals surface area (Å²) in [5.74, 6) is -0.146.